The number of fused-ring (bicyclic) bond motifs is 1. The number of H-pyrrole nitrogens is 1. The molecule has 0 amide bonds. The minimum Gasteiger partial charge on any atom is -0.361 e. The van der Waals surface area contributed by atoms with E-state index in [1.165, 1.54) is 16.5 Å². The van der Waals surface area contributed by atoms with Crippen LogP contribution in [-0.4, -0.2) is 4.98 Å². The topological polar surface area (TPSA) is 15.8 Å². The van der Waals surface area contributed by atoms with Crippen LogP contribution in [0.15, 0.2) is 30.5 Å². The lowest BCUT2D eigenvalue weighted by molar-refractivity contribution is 1.25. The predicted octanol–water partition coefficient (Wildman–Crippen LogP) is 3.12. The quantitative estimate of drug-likeness (QED) is 0.654. The van der Waals surface area contributed by atoms with Gasteiger partial charge in [-0.25, -0.2) is 0 Å². The molecule has 2 aromatic rings. The van der Waals surface area contributed by atoms with Gasteiger partial charge in [0.25, 0.3) is 0 Å². The van der Waals surface area contributed by atoms with Gasteiger partial charge in [0.15, 0.2) is 0 Å². The van der Waals surface area contributed by atoms with Crippen LogP contribution in [0.1, 0.15) is 18.9 Å². The number of nitrogens with one attached hydrogen (secondary N) is 1. The van der Waals surface area contributed by atoms with E-state index in [4.69, 9.17) is 0 Å². The van der Waals surface area contributed by atoms with E-state index in [0.717, 1.165) is 12.8 Å². The average Bonchev–Trinajstić information content (AvgIpc) is 2.65. The van der Waals surface area contributed by atoms with E-state index in [1.54, 1.807) is 0 Å². The number of hydrogen-bond acceptors (Lipinski definition) is 0. The van der Waals surface area contributed by atoms with Gasteiger partial charge in [-0.1, -0.05) is 25.0 Å². The van der Waals surface area contributed by atoms with E-state index in [1.807, 2.05) is 6.20 Å². The fraction of sp³-hybridized carbons (Fsp3) is 0.231. The van der Waals surface area contributed by atoms with Crippen molar-refractivity contribution in [3.8, 4) is 11.8 Å². The Morgan fingerprint density at radius 3 is 3.00 bits per heavy atom. The smallest absolute Gasteiger partial charge is 0.0457 e. The van der Waals surface area contributed by atoms with Gasteiger partial charge in [-0.15, -0.1) is 5.92 Å². The molecule has 0 radical (unpaired) electrons. The Kier molecular flexibility index (Phi) is 2.55. The van der Waals surface area contributed by atoms with E-state index in [2.05, 4.69) is 48.0 Å². The van der Waals surface area contributed by atoms with Crippen LogP contribution in [0.5, 0.6) is 0 Å². The van der Waals surface area contributed by atoms with E-state index >= 15 is 0 Å². The standard InChI is InChI=1S/C13H13N/c1-2-3-4-5-11-6-7-12-8-9-14-13(12)10-11/h6-10,14H,2,5H2,1H3. The van der Waals surface area contributed by atoms with Crippen LogP contribution >= 0.6 is 0 Å². The third kappa shape index (κ3) is 1.80. The van der Waals surface area contributed by atoms with E-state index < -0.39 is 0 Å². The van der Waals surface area contributed by atoms with Crippen molar-refractivity contribution in [2.45, 2.75) is 19.8 Å². The summed E-state index contributed by atoms with van der Waals surface area (Å²) in [6, 6.07) is 8.52. The van der Waals surface area contributed by atoms with Gasteiger partial charge in [0.1, 0.15) is 0 Å². The van der Waals surface area contributed by atoms with Crippen molar-refractivity contribution < 1.29 is 0 Å². The van der Waals surface area contributed by atoms with Crippen molar-refractivity contribution >= 4 is 10.9 Å². The second-order valence-electron chi connectivity index (χ2n) is 3.28. The molecule has 0 atom stereocenters. The van der Waals surface area contributed by atoms with Gasteiger partial charge in [0, 0.05) is 24.6 Å². The normalized spacial score (nSPS) is 9.79. The summed E-state index contributed by atoms with van der Waals surface area (Å²) in [5, 5.41) is 1.26. The number of hydrogen-bond donors (Lipinski definition) is 1. The molecule has 0 bridgehead atoms. The Morgan fingerprint density at radius 2 is 2.14 bits per heavy atom. The molecular weight excluding hydrogens is 170 g/mol. The highest BCUT2D eigenvalue weighted by molar-refractivity contribution is 5.79. The van der Waals surface area contributed by atoms with Gasteiger partial charge in [-0.2, -0.15) is 0 Å². The highest BCUT2D eigenvalue weighted by Crippen LogP contribution is 2.14. The van der Waals surface area contributed by atoms with Crippen molar-refractivity contribution in [3.05, 3.63) is 36.0 Å². The van der Waals surface area contributed by atoms with Crippen molar-refractivity contribution in [3.63, 3.8) is 0 Å². The molecule has 0 aliphatic carbocycles. The first kappa shape index (κ1) is 8.90. The highest BCUT2D eigenvalue weighted by atomic mass is 14.7. The number of aromatic nitrogens is 1. The van der Waals surface area contributed by atoms with Crippen LogP contribution < -0.4 is 0 Å². The summed E-state index contributed by atoms with van der Waals surface area (Å²) in [5.41, 5.74) is 2.47. The summed E-state index contributed by atoms with van der Waals surface area (Å²) < 4.78 is 0. The maximum atomic E-state index is 3.20. The molecule has 1 N–H and O–H groups in total. The lowest BCUT2D eigenvalue weighted by atomic mass is 10.1. The molecule has 1 aromatic heterocycles. The number of rotatable bonds is 1. The summed E-state index contributed by atoms with van der Waals surface area (Å²) in [6.45, 7) is 2.07. The van der Waals surface area contributed by atoms with Crippen LogP contribution in [-0.2, 0) is 6.42 Å². The summed E-state index contributed by atoms with van der Waals surface area (Å²) in [6.07, 6.45) is 3.75. The average molecular weight is 183 g/mol. The molecule has 0 aliphatic heterocycles. The Bertz CT molecular complexity index is 482. The second-order valence-corrected chi connectivity index (χ2v) is 3.28. The van der Waals surface area contributed by atoms with Gasteiger partial charge in [-0.05, 0) is 23.1 Å². The largest absolute Gasteiger partial charge is 0.361 e. The zero-order valence-electron chi connectivity index (χ0n) is 8.30. The maximum absolute atomic E-state index is 3.20. The Morgan fingerprint density at radius 1 is 1.21 bits per heavy atom. The van der Waals surface area contributed by atoms with E-state index in [0.29, 0.717) is 0 Å². The van der Waals surface area contributed by atoms with Crippen molar-refractivity contribution in [2.75, 3.05) is 0 Å². The molecule has 0 aliphatic rings. The van der Waals surface area contributed by atoms with Crippen LogP contribution in [0.4, 0.5) is 0 Å². The molecule has 0 saturated carbocycles. The molecule has 2 rings (SSSR count). The molecule has 0 unspecified atom stereocenters. The molecule has 0 spiro atoms. The number of benzene rings is 1. The Balaban J connectivity index is 2.25. The Labute approximate surface area is 84.1 Å². The molecular formula is C13H13N. The second kappa shape index (κ2) is 4.02. The van der Waals surface area contributed by atoms with Crippen molar-refractivity contribution in [2.24, 2.45) is 0 Å². The van der Waals surface area contributed by atoms with Crippen molar-refractivity contribution in [1.82, 2.24) is 4.98 Å². The van der Waals surface area contributed by atoms with Crippen LogP contribution in [0.2, 0.25) is 0 Å². The van der Waals surface area contributed by atoms with Crippen LogP contribution in [0.25, 0.3) is 10.9 Å². The molecule has 1 heteroatoms. The van der Waals surface area contributed by atoms with Crippen LogP contribution in [0.3, 0.4) is 0 Å². The van der Waals surface area contributed by atoms with Gasteiger partial charge < -0.3 is 4.98 Å². The van der Waals surface area contributed by atoms with Crippen LogP contribution in [0, 0.1) is 11.8 Å². The monoisotopic (exact) mass is 183 g/mol. The summed E-state index contributed by atoms with van der Waals surface area (Å²) in [7, 11) is 0. The molecule has 1 aromatic carbocycles. The van der Waals surface area contributed by atoms with Gasteiger partial charge in [0.05, 0.1) is 0 Å². The fourth-order valence-corrected chi connectivity index (χ4v) is 1.49. The molecule has 0 saturated heterocycles. The third-order valence-electron chi connectivity index (χ3n) is 2.21. The van der Waals surface area contributed by atoms with E-state index in [-0.39, 0.29) is 0 Å². The lowest BCUT2D eigenvalue weighted by Crippen LogP contribution is -1.80. The maximum Gasteiger partial charge on any atom is 0.0457 e. The minimum atomic E-state index is 0.850. The molecule has 70 valence electrons. The fourth-order valence-electron chi connectivity index (χ4n) is 1.49. The van der Waals surface area contributed by atoms with Crippen molar-refractivity contribution in [1.29, 1.82) is 0 Å². The molecule has 14 heavy (non-hydrogen) atoms. The zero-order chi connectivity index (χ0) is 9.80. The Hall–Kier alpha value is -1.68. The summed E-state index contributed by atoms with van der Waals surface area (Å²) >= 11 is 0. The molecule has 0 fully saturated rings. The molecule has 1 nitrogen and oxygen atoms in total. The summed E-state index contributed by atoms with van der Waals surface area (Å²) in [5.74, 6) is 6.22. The zero-order valence-corrected chi connectivity index (χ0v) is 8.30. The lowest BCUT2D eigenvalue weighted by Gasteiger charge is -1.95. The number of aromatic amines is 1. The third-order valence-corrected chi connectivity index (χ3v) is 2.21. The van der Waals surface area contributed by atoms with Gasteiger partial charge in [0.2, 0.25) is 0 Å². The minimum absolute atomic E-state index is 0.850. The van der Waals surface area contributed by atoms with E-state index in [9.17, 15) is 0 Å². The van der Waals surface area contributed by atoms with Gasteiger partial charge in [-0.3, -0.25) is 0 Å². The SMILES string of the molecule is CCC#CCc1ccc2cc[nH]c2c1. The first-order valence-electron chi connectivity index (χ1n) is 4.92. The predicted molar refractivity (Wildman–Crippen MR) is 60.1 cm³/mol. The highest BCUT2D eigenvalue weighted by Gasteiger charge is 1.94. The molecule has 1 heterocycles. The first-order chi connectivity index (χ1) is 6.90. The van der Waals surface area contributed by atoms with Gasteiger partial charge >= 0.3 is 0 Å². The first-order valence-corrected chi connectivity index (χ1v) is 4.92. The summed E-state index contributed by atoms with van der Waals surface area (Å²) in [4.78, 5) is 3.20.